The van der Waals surface area contributed by atoms with Gasteiger partial charge in [-0.05, 0) is 37.0 Å². The fourth-order valence-electron chi connectivity index (χ4n) is 2.99. The van der Waals surface area contributed by atoms with Crippen molar-refractivity contribution >= 4 is 29.9 Å². The van der Waals surface area contributed by atoms with E-state index in [9.17, 15) is 0 Å². The summed E-state index contributed by atoms with van der Waals surface area (Å²) in [6.07, 6.45) is 0.956. The minimum absolute atomic E-state index is 0. The van der Waals surface area contributed by atoms with E-state index in [4.69, 9.17) is 14.5 Å². The third-order valence-electron chi connectivity index (χ3n) is 4.44. The number of hydrogen-bond donors (Lipinski definition) is 2. The van der Waals surface area contributed by atoms with Crippen molar-refractivity contribution in [2.45, 2.75) is 20.3 Å². The van der Waals surface area contributed by atoms with Crippen LogP contribution in [-0.4, -0.2) is 70.5 Å². The highest BCUT2D eigenvalue weighted by atomic mass is 127. The second-order valence-electron chi connectivity index (χ2n) is 6.76. The van der Waals surface area contributed by atoms with Crippen LogP contribution >= 0.6 is 24.0 Å². The number of guanidine groups is 1. The van der Waals surface area contributed by atoms with Crippen LogP contribution in [0, 0.1) is 5.92 Å². The summed E-state index contributed by atoms with van der Waals surface area (Å²) < 4.78 is 10.6. The molecule has 1 atom stereocenters. The predicted octanol–water partition coefficient (Wildman–Crippen LogP) is 2.38. The quantitative estimate of drug-likeness (QED) is 0.316. The SMILES string of the molecule is CCNC(=NCC(C)CN1CCOCC1)NCCc1ccc(OC)cc1.I. The van der Waals surface area contributed by atoms with Crippen LogP contribution in [0.3, 0.4) is 0 Å². The zero-order chi connectivity index (χ0) is 18.6. The fraction of sp³-hybridized carbons (Fsp3) is 0.650. The van der Waals surface area contributed by atoms with Crippen molar-refractivity contribution in [2.75, 3.05) is 59.6 Å². The van der Waals surface area contributed by atoms with E-state index in [2.05, 4.69) is 41.5 Å². The molecule has 1 heterocycles. The first-order valence-electron chi connectivity index (χ1n) is 9.66. The molecule has 0 bridgehead atoms. The van der Waals surface area contributed by atoms with E-state index >= 15 is 0 Å². The minimum atomic E-state index is 0. The number of rotatable bonds is 9. The monoisotopic (exact) mass is 490 g/mol. The maximum absolute atomic E-state index is 5.41. The number of nitrogens with one attached hydrogen (secondary N) is 2. The molecule has 6 nitrogen and oxygen atoms in total. The third-order valence-corrected chi connectivity index (χ3v) is 4.44. The number of morpholine rings is 1. The molecule has 0 spiro atoms. The highest BCUT2D eigenvalue weighted by molar-refractivity contribution is 14.0. The van der Waals surface area contributed by atoms with Crippen molar-refractivity contribution in [1.82, 2.24) is 15.5 Å². The van der Waals surface area contributed by atoms with Crippen molar-refractivity contribution < 1.29 is 9.47 Å². The average molecular weight is 490 g/mol. The van der Waals surface area contributed by atoms with Gasteiger partial charge < -0.3 is 20.1 Å². The van der Waals surface area contributed by atoms with Crippen LogP contribution in [0.15, 0.2) is 29.3 Å². The molecule has 1 fully saturated rings. The number of benzene rings is 1. The maximum atomic E-state index is 5.41. The smallest absolute Gasteiger partial charge is 0.191 e. The van der Waals surface area contributed by atoms with Gasteiger partial charge in [0.1, 0.15) is 5.75 Å². The molecule has 0 aromatic heterocycles. The molecule has 1 aliphatic rings. The molecular weight excluding hydrogens is 455 g/mol. The zero-order valence-corrected chi connectivity index (χ0v) is 19.2. The van der Waals surface area contributed by atoms with Crippen molar-refractivity contribution in [1.29, 1.82) is 0 Å². The number of halogens is 1. The van der Waals surface area contributed by atoms with Gasteiger partial charge in [0.2, 0.25) is 0 Å². The molecule has 2 N–H and O–H groups in total. The molecule has 0 saturated carbocycles. The Kier molecular flexibility index (Phi) is 12.4. The molecule has 0 aliphatic carbocycles. The van der Waals surface area contributed by atoms with Crippen molar-refractivity contribution in [3.63, 3.8) is 0 Å². The Balaban J connectivity index is 0.00000364. The van der Waals surface area contributed by atoms with Crippen LogP contribution in [0.1, 0.15) is 19.4 Å². The summed E-state index contributed by atoms with van der Waals surface area (Å²) >= 11 is 0. The van der Waals surface area contributed by atoms with Crippen LogP contribution in [0.5, 0.6) is 5.75 Å². The summed E-state index contributed by atoms with van der Waals surface area (Å²) in [7, 11) is 1.69. The van der Waals surface area contributed by atoms with E-state index in [0.29, 0.717) is 5.92 Å². The van der Waals surface area contributed by atoms with Gasteiger partial charge in [-0.25, -0.2) is 0 Å². The summed E-state index contributed by atoms with van der Waals surface area (Å²) in [6, 6.07) is 8.22. The molecule has 27 heavy (non-hydrogen) atoms. The molecule has 1 aromatic rings. The fourth-order valence-corrected chi connectivity index (χ4v) is 2.99. The lowest BCUT2D eigenvalue weighted by molar-refractivity contribution is 0.0323. The lowest BCUT2D eigenvalue weighted by Crippen LogP contribution is -2.40. The van der Waals surface area contributed by atoms with Gasteiger partial charge in [0.05, 0.1) is 20.3 Å². The Hall–Kier alpha value is -1.06. The highest BCUT2D eigenvalue weighted by Crippen LogP contribution is 2.11. The van der Waals surface area contributed by atoms with Crippen molar-refractivity contribution in [2.24, 2.45) is 10.9 Å². The molecule has 1 aromatic carbocycles. The van der Waals surface area contributed by atoms with Crippen molar-refractivity contribution in [3.8, 4) is 5.75 Å². The second-order valence-corrected chi connectivity index (χ2v) is 6.76. The van der Waals surface area contributed by atoms with Gasteiger partial charge in [-0.15, -0.1) is 24.0 Å². The van der Waals surface area contributed by atoms with Gasteiger partial charge in [-0.2, -0.15) is 0 Å². The number of hydrogen-bond acceptors (Lipinski definition) is 4. The highest BCUT2D eigenvalue weighted by Gasteiger charge is 2.13. The molecule has 154 valence electrons. The second kappa shape index (κ2) is 14.0. The molecule has 2 rings (SSSR count). The van der Waals surface area contributed by atoms with Gasteiger partial charge in [-0.1, -0.05) is 19.1 Å². The van der Waals surface area contributed by atoms with Gasteiger partial charge in [0.25, 0.3) is 0 Å². The van der Waals surface area contributed by atoms with Gasteiger partial charge in [0.15, 0.2) is 5.96 Å². The Bertz CT molecular complexity index is 533. The summed E-state index contributed by atoms with van der Waals surface area (Å²) in [5, 5.41) is 6.76. The average Bonchev–Trinajstić information content (AvgIpc) is 2.67. The number of methoxy groups -OCH3 is 1. The molecular formula is C20H35IN4O2. The van der Waals surface area contributed by atoms with E-state index in [1.54, 1.807) is 7.11 Å². The van der Waals surface area contributed by atoms with Gasteiger partial charge >= 0.3 is 0 Å². The number of nitrogens with zero attached hydrogens (tertiary/aromatic N) is 2. The normalized spacial score (nSPS) is 16.3. The molecule has 1 unspecified atom stereocenters. The van der Waals surface area contributed by atoms with E-state index in [0.717, 1.165) is 70.6 Å². The molecule has 1 aliphatic heterocycles. The van der Waals surface area contributed by atoms with E-state index < -0.39 is 0 Å². The summed E-state index contributed by atoms with van der Waals surface area (Å²) in [4.78, 5) is 7.22. The summed E-state index contributed by atoms with van der Waals surface area (Å²) in [5.74, 6) is 2.32. The molecule has 1 saturated heterocycles. The summed E-state index contributed by atoms with van der Waals surface area (Å²) in [5.41, 5.74) is 1.29. The molecule has 0 radical (unpaired) electrons. The van der Waals surface area contributed by atoms with Crippen molar-refractivity contribution in [3.05, 3.63) is 29.8 Å². The molecule has 0 amide bonds. The van der Waals surface area contributed by atoms with Gasteiger partial charge in [0, 0.05) is 39.3 Å². The Labute approximate surface area is 181 Å². The van der Waals surface area contributed by atoms with E-state index in [1.807, 2.05) is 12.1 Å². The van der Waals surface area contributed by atoms with Crippen LogP contribution in [0.4, 0.5) is 0 Å². The first-order chi connectivity index (χ1) is 12.7. The lowest BCUT2D eigenvalue weighted by Gasteiger charge is -2.28. The Morgan fingerprint density at radius 2 is 1.93 bits per heavy atom. The number of ether oxygens (including phenoxy) is 2. The zero-order valence-electron chi connectivity index (χ0n) is 16.9. The van der Waals surface area contributed by atoms with Crippen LogP contribution < -0.4 is 15.4 Å². The lowest BCUT2D eigenvalue weighted by atomic mass is 10.1. The predicted molar refractivity (Wildman–Crippen MR) is 123 cm³/mol. The first kappa shape index (κ1) is 24.0. The van der Waals surface area contributed by atoms with Crippen LogP contribution in [0.2, 0.25) is 0 Å². The summed E-state index contributed by atoms with van der Waals surface area (Å²) in [6.45, 7) is 11.8. The minimum Gasteiger partial charge on any atom is -0.497 e. The van der Waals surface area contributed by atoms with E-state index in [-0.39, 0.29) is 24.0 Å². The Morgan fingerprint density at radius 3 is 2.56 bits per heavy atom. The number of aliphatic imine (C=N–C) groups is 1. The van der Waals surface area contributed by atoms with Gasteiger partial charge in [-0.3, -0.25) is 9.89 Å². The third kappa shape index (κ3) is 9.62. The van der Waals surface area contributed by atoms with E-state index in [1.165, 1.54) is 5.56 Å². The largest absolute Gasteiger partial charge is 0.497 e. The Morgan fingerprint density at radius 1 is 1.22 bits per heavy atom. The molecule has 7 heteroatoms. The maximum Gasteiger partial charge on any atom is 0.191 e. The first-order valence-corrected chi connectivity index (χ1v) is 9.66. The van der Waals surface area contributed by atoms with Crippen LogP contribution in [0.25, 0.3) is 0 Å². The standard InChI is InChI=1S/C20H34N4O2.HI/c1-4-21-20(22-10-9-18-5-7-19(25-3)8-6-18)23-15-17(2)16-24-11-13-26-14-12-24;/h5-8,17H,4,9-16H2,1-3H3,(H2,21,22,23);1H. The topological polar surface area (TPSA) is 58.1 Å². The van der Waals surface area contributed by atoms with Crippen LogP contribution in [-0.2, 0) is 11.2 Å².